The van der Waals surface area contributed by atoms with Gasteiger partial charge >= 0.3 is 0 Å². The molecule has 0 bridgehead atoms. The van der Waals surface area contributed by atoms with Crippen molar-refractivity contribution in [3.8, 4) is 16.9 Å². The Morgan fingerprint density at radius 2 is 1.80 bits per heavy atom. The summed E-state index contributed by atoms with van der Waals surface area (Å²) in [5.74, 6) is 0.839. The molecule has 0 aliphatic carbocycles. The van der Waals surface area contributed by atoms with Crippen LogP contribution in [0.2, 0.25) is 0 Å². The standard InChI is InChI=1S/C17H18O3/c1-19-11-10-16(18)14-8-9-17(20-2)15(12-14)13-6-4-3-5-7-13/h3-9,12H,10-11H2,1-2H3. The maximum absolute atomic E-state index is 12.1. The number of carbonyl (C=O) groups is 1. The number of ether oxygens (including phenoxy) is 2. The lowest BCUT2D eigenvalue weighted by molar-refractivity contribution is 0.0932. The molecule has 0 aromatic heterocycles. The van der Waals surface area contributed by atoms with E-state index in [2.05, 4.69) is 0 Å². The number of Topliss-reactive ketones (excluding diaryl/α,β-unsaturated/α-hetero) is 1. The Kier molecular flexibility index (Phi) is 4.91. The first-order chi connectivity index (χ1) is 9.76. The third-order valence-corrected chi connectivity index (χ3v) is 3.14. The van der Waals surface area contributed by atoms with Gasteiger partial charge in [0.25, 0.3) is 0 Å². The highest BCUT2D eigenvalue weighted by Crippen LogP contribution is 2.31. The normalized spacial score (nSPS) is 10.3. The van der Waals surface area contributed by atoms with E-state index in [0.29, 0.717) is 18.6 Å². The fourth-order valence-electron chi connectivity index (χ4n) is 2.06. The average Bonchev–Trinajstić information content (AvgIpc) is 2.52. The van der Waals surface area contributed by atoms with Crippen LogP contribution in [0.1, 0.15) is 16.8 Å². The largest absolute Gasteiger partial charge is 0.496 e. The Bertz CT molecular complexity index is 576. The van der Waals surface area contributed by atoms with Crippen molar-refractivity contribution in [3.63, 3.8) is 0 Å². The summed E-state index contributed by atoms with van der Waals surface area (Å²) in [5.41, 5.74) is 2.64. The maximum Gasteiger partial charge on any atom is 0.165 e. The zero-order valence-electron chi connectivity index (χ0n) is 11.8. The van der Waals surface area contributed by atoms with Crippen molar-refractivity contribution in [3.05, 3.63) is 54.1 Å². The summed E-state index contributed by atoms with van der Waals surface area (Å²) in [6.07, 6.45) is 0.386. The zero-order valence-corrected chi connectivity index (χ0v) is 11.8. The lowest BCUT2D eigenvalue weighted by Gasteiger charge is -2.10. The lowest BCUT2D eigenvalue weighted by Crippen LogP contribution is -2.04. The third kappa shape index (κ3) is 3.25. The zero-order chi connectivity index (χ0) is 14.4. The Hall–Kier alpha value is -2.13. The molecule has 20 heavy (non-hydrogen) atoms. The Balaban J connectivity index is 2.37. The Morgan fingerprint density at radius 3 is 2.45 bits per heavy atom. The van der Waals surface area contributed by atoms with Gasteiger partial charge in [0.05, 0.1) is 13.7 Å². The molecule has 3 nitrogen and oxygen atoms in total. The minimum atomic E-state index is 0.0756. The molecular formula is C17H18O3. The molecule has 3 heteroatoms. The van der Waals surface area contributed by atoms with Crippen molar-refractivity contribution in [2.24, 2.45) is 0 Å². The van der Waals surface area contributed by atoms with Crippen LogP contribution in [0.3, 0.4) is 0 Å². The van der Waals surface area contributed by atoms with Crippen LogP contribution in [-0.4, -0.2) is 26.6 Å². The molecule has 2 aromatic carbocycles. The number of methoxy groups -OCH3 is 2. The van der Waals surface area contributed by atoms with E-state index in [1.54, 1.807) is 20.3 Å². The van der Waals surface area contributed by atoms with Gasteiger partial charge in [0.2, 0.25) is 0 Å². The van der Waals surface area contributed by atoms with Gasteiger partial charge in [-0.05, 0) is 23.8 Å². The van der Waals surface area contributed by atoms with Crippen LogP contribution < -0.4 is 4.74 Å². The van der Waals surface area contributed by atoms with Crippen molar-refractivity contribution >= 4 is 5.78 Å². The van der Waals surface area contributed by atoms with Crippen LogP contribution in [0.4, 0.5) is 0 Å². The molecule has 2 rings (SSSR count). The van der Waals surface area contributed by atoms with Crippen LogP contribution in [0.5, 0.6) is 5.75 Å². The molecule has 0 fully saturated rings. The number of carbonyl (C=O) groups excluding carboxylic acids is 1. The molecule has 2 aromatic rings. The molecule has 0 aliphatic heterocycles. The molecule has 0 heterocycles. The number of hydrogen-bond donors (Lipinski definition) is 0. The fraction of sp³-hybridized carbons (Fsp3) is 0.235. The summed E-state index contributed by atoms with van der Waals surface area (Å²) in [7, 11) is 3.23. The second-order valence-electron chi connectivity index (χ2n) is 4.45. The highest BCUT2D eigenvalue weighted by atomic mass is 16.5. The first-order valence-electron chi connectivity index (χ1n) is 6.52. The number of benzene rings is 2. The van der Waals surface area contributed by atoms with E-state index in [0.717, 1.165) is 16.9 Å². The van der Waals surface area contributed by atoms with E-state index in [-0.39, 0.29) is 5.78 Å². The molecule has 0 amide bonds. The number of hydrogen-bond acceptors (Lipinski definition) is 3. The molecule has 0 unspecified atom stereocenters. The third-order valence-electron chi connectivity index (χ3n) is 3.14. The topological polar surface area (TPSA) is 35.5 Å². The molecule has 0 atom stereocenters. The smallest absolute Gasteiger partial charge is 0.165 e. The first kappa shape index (κ1) is 14.3. The van der Waals surface area contributed by atoms with Crippen LogP contribution >= 0.6 is 0 Å². The van der Waals surface area contributed by atoms with Gasteiger partial charge in [-0.3, -0.25) is 4.79 Å². The van der Waals surface area contributed by atoms with Crippen molar-refractivity contribution in [2.45, 2.75) is 6.42 Å². The van der Waals surface area contributed by atoms with E-state index in [9.17, 15) is 4.79 Å². The van der Waals surface area contributed by atoms with Gasteiger partial charge in [-0.2, -0.15) is 0 Å². The summed E-state index contributed by atoms with van der Waals surface area (Å²) in [4.78, 5) is 12.1. The van der Waals surface area contributed by atoms with Crippen molar-refractivity contribution < 1.29 is 14.3 Å². The fourth-order valence-corrected chi connectivity index (χ4v) is 2.06. The van der Waals surface area contributed by atoms with E-state index in [1.165, 1.54) is 0 Å². The second kappa shape index (κ2) is 6.87. The van der Waals surface area contributed by atoms with Gasteiger partial charge in [0, 0.05) is 24.7 Å². The summed E-state index contributed by atoms with van der Waals surface area (Å²) < 4.78 is 10.3. The lowest BCUT2D eigenvalue weighted by atomic mass is 9.99. The van der Waals surface area contributed by atoms with Crippen LogP contribution in [0, 0.1) is 0 Å². The molecule has 0 N–H and O–H groups in total. The highest BCUT2D eigenvalue weighted by molar-refractivity contribution is 5.97. The first-order valence-corrected chi connectivity index (χ1v) is 6.52. The van der Waals surface area contributed by atoms with E-state index in [4.69, 9.17) is 9.47 Å². The predicted octanol–water partition coefficient (Wildman–Crippen LogP) is 3.58. The molecule has 0 radical (unpaired) electrons. The Morgan fingerprint density at radius 1 is 1.05 bits per heavy atom. The van der Waals surface area contributed by atoms with E-state index >= 15 is 0 Å². The summed E-state index contributed by atoms with van der Waals surface area (Å²) >= 11 is 0. The molecule has 104 valence electrons. The molecule has 0 aliphatic rings. The predicted molar refractivity (Wildman–Crippen MR) is 79.3 cm³/mol. The van der Waals surface area contributed by atoms with Gasteiger partial charge < -0.3 is 9.47 Å². The monoisotopic (exact) mass is 270 g/mol. The van der Waals surface area contributed by atoms with Gasteiger partial charge in [-0.25, -0.2) is 0 Å². The van der Waals surface area contributed by atoms with E-state index in [1.807, 2.05) is 42.5 Å². The average molecular weight is 270 g/mol. The molecule has 0 spiro atoms. The molecule has 0 saturated carbocycles. The van der Waals surface area contributed by atoms with Crippen LogP contribution in [0.25, 0.3) is 11.1 Å². The highest BCUT2D eigenvalue weighted by Gasteiger charge is 2.11. The van der Waals surface area contributed by atoms with Crippen LogP contribution in [0.15, 0.2) is 48.5 Å². The Labute approximate surface area is 119 Å². The molecule has 0 saturated heterocycles. The summed E-state index contributed by atoms with van der Waals surface area (Å²) in [5, 5.41) is 0. The van der Waals surface area contributed by atoms with Crippen molar-refractivity contribution in [1.82, 2.24) is 0 Å². The quantitative estimate of drug-likeness (QED) is 0.753. The minimum absolute atomic E-state index is 0.0756. The number of ketones is 1. The molecular weight excluding hydrogens is 252 g/mol. The second-order valence-corrected chi connectivity index (χ2v) is 4.45. The number of rotatable bonds is 6. The maximum atomic E-state index is 12.1. The van der Waals surface area contributed by atoms with Gasteiger partial charge in [-0.1, -0.05) is 30.3 Å². The van der Waals surface area contributed by atoms with Gasteiger partial charge in [-0.15, -0.1) is 0 Å². The summed E-state index contributed by atoms with van der Waals surface area (Å²) in [6.45, 7) is 0.436. The van der Waals surface area contributed by atoms with Crippen LogP contribution in [-0.2, 0) is 4.74 Å². The van der Waals surface area contributed by atoms with Gasteiger partial charge in [0.1, 0.15) is 5.75 Å². The van der Waals surface area contributed by atoms with Crippen molar-refractivity contribution in [1.29, 1.82) is 0 Å². The van der Waals surface area contributed by atoms with E-state index < -0.39 is 0 Å². The summed E-state index contributed by atoms with van der Waals surface area (Å²) in [6, 6.07) is 15.4. The SMILES string of the molecule is COCCC(=O)c1ccc(OC)c(-c2ccccc2)c1. The minimum Gasteiger partial charge on any atom is -0.496 e. The van der Waals surface area contributed by atoms with Crippen molar-refractivity contribution in [2.75, 3.05) is 20.8 Å². The van der Waals surface area contributed by atoms with Gasteiger partial charge in [0.15, 0.2) is 5.78 Å².